The van der Waals surface area contributed by atoms with Gasteiger partial charge in [0.1, 0.15) is 16.8 Å². The summed E-state index contributed by atoms with van der Waals surface area (Å²) in [6.07, 6.45) is 6.76. The molecule has 0 bridgehead atoms. The number of hydrogen-bond acceptors (Lipinski definition) is 5. The van der Waals surface area contributed by atoms with Crippen molar-refractivity contribution in [3.05, 3.63) is 79.2 Å². The van der Waals surface area contributed by atoms with Crippen LogP contribution in [0, 0.1) is 22.7 Å². The maximum absolute atomic E-state index is 13.0. The molecule has 5 rings (SSSR count). The molecule has 164 valence electrons. The number of aromatic nitrogens is 1. The zero-order valence-corrected chi connectivity index (χ0v) is 19.3. The molecule has 2 heterocycles. The summed E-state index contributed by atoms with van der Waals surface area (Å²) in [6, 6.07) is 21.4. The van der Waals surface area contributed by atoms with E-state index in [4.69, 9.17) is 0 Å². The minimum Gasteiger partial charge on any atom is -0.338 e. The van der Waals surface area contributed by atoms with Crippen molar-refractivity contribution in [1.29, 1.82) is 10.5 Å². The molecular weight excluding hydrogens is 428 g/mol. The van der Waals surface area contributed by atoms with Crippen molar-refractivity contribution in [2.24, 2.45) is 0 Å². The molecular formula is C27H24N4OS. The third kappa shape index (κ3) is 3.57. The molecule has 1 fully saturated rings. The van der Waals surface area contributed by atoms with Crippen LogP contribution in [-0.2, 0) is 6.54 Å². The fourth-order valence-corrected chi connectivity index (χ4v) is 6.44. The molecule has 2 atom stereocenters. The third-order valence-electron chi connectivity index (χ3n) is 6.77. The van der Waals surface area contributed by atoms with E-state index in [0.29, 0.717) is 27.7 Å². The summed E-state index contributed by atoms with van der Waals surface area (Å²) in [5.41, 5.74) is 4.66. The molecule has 0 saturated heterocycles. The molecule has 1 aliphatic carbocycles. The van der Waals surface area contributed by atoms with Gasteiger partial charge in [-0.15, -0.1) is 11.3 Å². The van der Waals surface area contributed by atoms with E-state index in [9.17, 15) is 15.3 Å². The van der Waals surface area contributed by atoms with Crippen molar-refractivity contribution >= 4 is 34.4 Å². The number of fused-ring (bicyclic) bond motifs is 3. The monoisotopic (exact) mass is 452 g/mol. The molecule has 0 N–H and O–H groups in total. The van der Waals surface area contributed by atoms with E-state index in [-0.39, 0.29) is 11.1 Å². The molecule has 2 aliphatic rings. The molecule has 0 amide bonds. The lowest BCUT2D eigenvalue weighted by molar-refractivity contribution is 0.402. The van der Waals surface area contributed by atoms with Crippen LogP contribution in [0.4, 0.5) is 11.4 Å². The number of benzene rings is 2. The summed E-state index contributed by atoms with van der Waals surface area (Å²) in [5, 5.41) is 18.6. The van der Waals surface area contributed by atoms with Crippen molar-refractivity contribution in [2.75, 3.05) is 4.90 Å². The summed E-state index contributed by atoms with van der Waals surface area (Å²) in [7, 11) is 0. The Balaban J connectivity index is 1.65. The largest absolute Gasteiger partial charge is 0.338 e. The first-order valence-corrected chi connectivity index (χ1v) is 12.2. The van der Waals surface area contributed by atoms with Crippen LogP contribution < -0.4 is 19.7 Å². The molecule has 0 radical (unpaired) electrons. The van der Waals surface area contributed by atoms with E-state index < -0.39 is 0 Å². The average Bonchev–Trinajstić information content (AvgIpc) is 3.34. The molecule has 3 aromatic rings. The molecule has 1 saturated carbocycles. The normalized spacial score (nSPS) is 19.5. The quantitative estimate of drug-likeness (QED) is 0.599. The Morgan fingerprint density at radius 2 is 1.88 bits per heavy atom. The predicted molar refractivity (Wildman–Crippen MR) is 132 cm³/mol. The van der Waals surface area contributed by atoms with Crippen molar-refractivity contribution < 1.29 is 0 Å². The SMILES string of the molecule is CCn1c(=C(C#N)C#N)s/c(=C\c2ccc3c(c2)C2CCCCC2N3c2ccccc2)c1=O. The highest BCUT2D eigenvalue weighted by Gasteiger charge is 2.40. The number of para-hydroxylation sites is 1. The molecule has 1 aromatic heterocycles. The van der Waals surface area contributed by atoms with Gasteiger partial charge in [-0.3, -0.25) is 9.36 Å². The minimum absolute atomic E-state index is 0.0175. The molecule has 33 heavy (non-hydrogen) atoms. The predicted octanol–water partition coefficient (Wildman–Crippen LogP) is 4.13. The second kappa shape index (κ2) is 8.73. The standard InChI is InChI=1S/C27H24N4OS/c1-2-30-26(32)25(33-27(30)19(16-28)17-29)15-18-12-13-24-22(14-18)21-10-6-7-11-23(21)31(24)20-8-4-3-5-9-20/h3-5,8-9,12-15,21,23H,2,6-7,10-11H2,1H3/b25-15-. The summed E-state index contributed by atoms with van der Waals surface area (Å²) in [4.78, 5) is 15.5. The van der Waals surface area contributed by atoms with E-state index in [1.807, 2.05) is 25.1 Å². The Labute approximate surface area is 196 Å². The van der Waals surface area contributed by atoms with Gasteiger partial charge in [0.2, 0.25) is 0 Å². The Morgan fingerprint density at radius 1 is 1.12 bits per heavy atom. The number of rotatable bonds is 3. The number of thiazole rings is 1. The zero-order valence-electron chi connectivity index (χ0n) is 18.5. The summed E-state index contributed by atoms with van der Waals surface area (Å²) in [6.45, 7) is 2.27. The van der Waals surface area contributed by atoms with Gasteiger partial charge in [0.15, 0.2) is 5.57 Å². The molecule has 6 heteroatoms. The van der Waals surface area contributed by atoms with E-state index in [2.05, 4.69) is 53.4 Å². The average molecular weight is 453 g/mol. The van der Waals surface area contributed by atoms with Gasteiger partial charge in [-0.1, -0.05) is 37.1 Å². The lowest BCUT2D eigenvalue weighted by Gasteiger charge is -2.33. The fraction of sp³-hybridized carbons (Fsp3) is 0.296. The van der Waals surface area contributed by atoms with Crippen molar-refractivity contribution in [3.8, 4) is 12.1 Å². The summed E-state index contributed by atoms with van der Waals surface area (Å²) in [5.74, 6) is 0.491. The number of hydrogen-bond donors (Lipinski definition) is 0. The van der Waals surface area contributed by atoms with Gasteiger partial charge in [0.05, 0.1) is 4.53 Å². The first-order valence-electron chi connectivity index (χ1n) is 11.4. The highest BCUT2D eigenvalue weighted by molar-refractivity contribution is 7.07. The Bertz CT molecular complexity index is 1450. The van der Waals surface area contributed by atoms with E-state index in [1.165, 1.54) is 58.5 Å². The number of nitrogens with zero attached hydrogens (tertiary/aromatic N) is 4. The molecule has 5 nitrogen and oxygen atoms in total. The first kappa shape index (κ1) is 21.2. The van der Waals surface area contributed by atoms with Gasteiger partial charge >= 0.3 is 0 Å². The van der Waals surface area contributed by atoms with Gasteiger partial charge < -0.3 is 4.90 Å². The van der Waals surface area contributed by atoms with Crippen molar-refractivity contribution in [2.45, 2.75) is 51.1 Å². The minimum atomic E-state index is -0.151. The van der Waals surface area contributed by atoms with Crippen LogP contribution in [-0.4, -0.2) is 10.6 Å². The van der Waals surface area contributed by atoms with E-state index >= 15 is 0 Å². The third-order valence-corrected chi connectivity index (χ3v) is 7.90. The van der Waals surface area contributed by atoms with Gasteiger partial charge in [-0.2, -0.15) is 10.5 Å². The van der Waals surface area contributed by atoms with Crippen LogP contribution in [0.15, 0.2) is 53.3 Å². The van der Waals surface area contributed by atoms with Crippen molar-refractivity contribution in [3.63, 3.8) is 0 Å². The smallest absolute Gasteiger partial charge is 0.269 e. The highest BCUT2D eigenvalue weighted by atomic mass is 32.1. The van der Waals surface area contributed by atoms with E-state index in [1.54, 1.807) is 0 Å². The molecule has 0 spiro atoms. The lowest BCUT2D eigenvalue weighted by atomic mass is 9.82. The van der Waals surface area contributed by atoms with Gasteiger partial charge in [-0.05, 0) is 61.2 Å². The first-order chi connectivity index (χ1) is 16.2. The molecule has 2 unspecified atom stereocenters. The second-order valence-corrected chi connectivity index (χ2v) is 9.58. The zero-order chi connectivity index (χ0) is 22.9. The van der Waals surface area contributed by atoms with E-state index in [0.717, 1.165) is 5.56 Å². The van der Waals surface area contributed by atoms with Gasteiger partial charge in [0.25, 0.3) is 5.56 Å². The Morgan fingerprint density at radius 3 is 2.61 bits per heavy atom. The lowest BCUT2D eigenvalue weighted by Crippen LogP contribution is -2.32. The fourth-order valence-electron chi connectivity index (χ4n) is 5.32. The Kier molecular flexibility index (Phi) is 5.62. The van der Waals surface area contributed by atoms with Crippen LogP contribution >= 0.6 is 11.3 Å². The number of anilines is 2. The van der Waals surface area contributed by atoms with Gasteiger partial charge in [0, 0.05) is 29.9 Å². The van der Waals surface area contributed by atoms with Crippen LogP contribution in [0.2, 0.25) is 0 Å². The van der Waals surface area contributed by atoms with Crippen LogP contribution in [0.25, 0.3) is 11.6 Å². The highest BCUT2D eigenvalue weighted by Crippen LogP contribution is 2.51. The van der Waals surface area contributed by atoms with Crippen LogP contribution in [0.3, 0.4) is 0 Å². The van der Waals surface area contributed by atoms with Crippen molar-refractivity contribution in [1.82, 2.24) is 4.57 Å². The molecule has 1 aliphatic heterocycles. The topological polar surface area (TPSA) is 72.8 Å². The number of nitriles is 2. The summed E-state index contributed by atoms with van der Waals surface area (Å²) >= 11 is 1.22. The maximum atomic E-state index is 13.0. The Hall–Kier alpha value is -3.61. The van der Waals surface area contributed by atoms with Crippen LogP contribution in [0.5, 0.6) is 0 Å². The van der Waals surface area contributed by atoms with Crippen LogP contribution in [0.1, 0.15) is 49.7 Å². The second-order valence-electron chi connectivity index (χ2n) is 8.55. The maximum Gasteiger partial charge on any atom is 0.269 e. The molecule has 2 aromatic carbocycles. The van der Waals surface area contributed by atoms with Gasteiger partial charge in [-0.25, -0.2) is 0 Å². The summed E-state index contributed by atoms with van der Waals surface area (Å²) < 4.78 is 2.50.